The van der Waals surface area contributed by atoms with E-state index < -0.39 is 11.6 Å². The van der Waals surface area contributed by atoms with E-state index in [-0.39, 0.29) is 29.4 Å². The van der Waals surface area contributed by atoms with Crippen LogP contribution >= 0.6 is 0 Å². The number of aliphatic hydroxyl groups excluding tert-OH is 2. The minimum Gasteiger partial charge on any atom is -0.507 e. The van der Waals surface area contributed by atoms with Crippen LogP contribution in [-0.2, 0) is 4.79 Å². The largest absolute Gasteiger partial charge is 0.507 e. The third kappa shape index (κ3) is 2.20. The number of Topliss-reactive ketones (excluding diaryl/α,β-unsaturated/α-hetero) is 2. The second-order valence-corrected chi connectivity index (χ2v) is 4.75. The maximum atomic E-state index is 12.1. The standard InChI is InChI=1S/C15H16O5/c1-8(5-6-16)12-13(17)10-4-3-9(20-2)7-11(10)14(18)15(12)19/h3-4,7-8,16-17H,5-6H2,1-2H3. The average molecular weight is 276 g/mol. The number of hydrogen-bond donors (Lipinski definition) is 2. The summed E-state index contributed by atoms with van der Waals surface area (Å²) < 4.78 is 5.02. The third-order valence-electron chi connectivity index (χ3n) is 3.49. The molecule has 5 nitrogen and oxygen atoms in total. The highest BCUT2D eigenvalue weighted by Crippen LogP contribution is 2.34. The van der Waals surface area contributed by atoms with Gasteiger partial charge in [0.05, 0.1) is 7.11 Å². The molecule has 1 unspecified atom stereocenters. The van der Waals surface area contributed by atoms with E-state index in [1.54, 1.807) is 19.1 Å². The molecule has 0 saturated heterocycles. The Balaban J connectivity index is 2.59. The summed E-state index contributed by atoms with van der Waals surface area (Å²) >= 11 is 0. The molecule has 0 aromatic heterocycles. The monoisotopic (exact) mass is 276 g/mol. The van der Waals surface area contributed by atoms with Crippen LogP contribution in [-0.4, -0.2) is 35.5 Å². The van der Waals surface area contributed by atoms with Gasteiger partial charge < -0.3 is 14.9 Å². The molecule has 0 fully saturated rings. The number of benzene rings is 1. The van der Waals surface area contributed by atoms with Crippen molar-refractivity contribution in [1.29, 1.82) is 0 Å². The van der Waals surface area contributed by atoms with Gasteiger partial charge in [-0.15, -0.1) is 0 Å². The zero-order valence-corrected chi connectivity index (χ0v) is 11.3. The fraction of sp³-hybridized carbons (Fsp3) is 0.333. The first kappa shape index (κ1) is 14.3. The van der Waals surface area contributed by atoms with Crippen molar-refractivity contribution < 1.29 is 24.5 Å². The predicted octanol–water partition coefficient (Wildman–Crippen LogP) is 1.75. The maximum absolute atomic E-state index is 12.1. The summed E-state index contributed by atoms with van der Waals surface area (Å²) in [7, 11) is 1.46. The van der Waals surface area contributed by atoms with Crippen LogP contribution in [0.15, 0.2) is 23.8 Å². The summed E-state index contributed by atoms with van der Waals surface area (Å²) in [5, 5.41) is 19.2. The summed E-state index contributed by atoms with van der Waals surface area (Å²) in [4.78, 5) is 24.3. The predicted molar refractivity (Wildman–Crippen MR) is 72.7 cm³/mol. The summed E-state index contributed by atoms with van der Waals surface area (Å²) in [5.74, 6) is -1.50. The van der Waals surface area contributed by atoms with Crippen LogP contribution in [0.5, 0.6) is 5.75 Å². The minimum atomic E-state index is -0.718. The molecule has 20 heavy (non-hydrogen) atoms. The molecule has 1 aromatic carbocycles. The molecule has 0 radical (unpaired) electrons. The Morgan fingerprint density at radius 1 is 1.20 bits per heavy atom. The van der Waals surface area contributed by atoms with Crippen molar-refractivity contribution in [2.24, 2.45) is 5.92 Å². The number of carbonyl (C=O) groups excluding carboxylic acids is 2. The van der Waals surface area contributed by atoms with E-state index >= 15 is 0 Å². The number of hydrogen-bond acceptors (Lipinski definition) is 5. The molecule has 2 N–H and O–H groups in total. The number of methoxy groups -OCH3 is 1. The highest BCUT2D eigenvalue weighted by atomic mass is 16.5. The molecule has 1 aromatic rings. The van der Waals surface area contributed by atoms with Crippen molar-refractivity contribution in [2.75, 3.05) is 13.7 Å². The van der Waals surface area contributed by atoms with Gasteiger partial charge in [0.2, 0.25) is 11.6 Å². The Kier molecular flexibility index (Phi) is 3.90. The first-order valence-electron chi connectivity index (χ1n) is 6.32. The lowest BCUT2D eigenvalue weighted by atomic mass is 9.82. The Morgan fingerprint density at radius 2 is 1.90 bits per heavy atom. The molecular formula is C15H16O5. The van der Waals surface area contributed by atoms with Gasteiger partial charge in [-0.1, -0.05) is 6.92 Å². The highest BCUT2D eigenvalue weighted by molar-refractivity contribution is 6.52. The number of ketones is 2. The lowest BCUT2D eigenvalue weighted by molar-refractivity contribution is -0.112. The van der Waals surface area contributed by atoms with Crippen LogP contribution in [0.2, 0.25) is 0 Å². The Labute approximate surface area is 116 Å². The molecule has 2 rings (SSSR count). The number of carbonyl (C=O) groups is 2. The van der Waals surface area contributed by atoms with Gasteiger partial charge in [-0.3, -0.25) is 9.59 Å². The van der Waals surface area contributed by atoms with Crippen LogP contribution in [0.25, 0.3) is 5.76 Å². The number of ether oxygens (including phenoxy) is 1. The zero-order valence-electron chi connectivity index (χ0n) is 11.3. The fourth-order valence-corrected chi connectivity index (χ4v) is 2.34. The number of rotatable bonds is 4. The molecule has 5 heteroatoms. The lowest BCUT2D eigenvalue weighted by Crippen LogP contribution is -2.27. The van der Waals surface area contributed by atoms with Gasteiger partial charge in [-0.2, -0.15) is 0 Å². The number of fused-ring (bicyclic) bond motifs is 1. The second-order valence-electron chi connectivity index (χ2n) is 4.75. The lowest BCUT2D eigenvalue weighted by Gasteiger charge is -2.22. The SMILES string of the molecule is COc1ccc2c(c1)C(=O)C(=O)C(C(C)CCO)=C2O. The van der Waals surface area contributed by atoms with Gasteiger partial charge in [-0.25, -0.2) is 0 Å². The molecule has 1 aliphatic carbocycles. The van der Waals surface area contributed by atoms with Crippen molar-refractivity contribution in [3.8, 4) is 5.75 Å². The summed E-state index contributed by atoms with van der Waals surface area (Å²) in [5.41, 5.74) is 0.545. The van der Waals surface area contributed by atoms with Crippen LogP contribution in [0, 0.1) is 5.92 Å². The fourth-order valence-electron chi connectivity index (χ4n) is 2.34. The maximum Gasteiger partial charge on any atom is 0.234 e. The number of aliphatic hydroxyl groups is 2. The molecule has 0 aliphatic heterocycles. The van der Waals surface area contributed by atoms with Gasteiger partial charge in [0.1, 0.15) is 11.5 Å². The second kappa shape index (κ2) is 5.46. The molecule has 0 spiro atoms. The van der Waals surface area contributed by atoms with Crippen LogP contribution < -0.4 is 4.74 Å². The van der Waals surface area contributed by atoms with Gasteiger partial charge in [0, 0.05) is 23.3 Å². The highest BCUT2D eigenvalue weighted by Gasteiger charge is 2.35. The van der Waals surface area contributed by atoms with E-state index in [9.17, 15) is 14.7 Å². The molecule has 0 bridgehead atoms. The molecular weight excluding hydrogens is 260 g/mol. The van der Waals surface area contributed by atoms with E-state index in [0.717, 1.165) is 0 Å². The molecule has 1 aliphatic rings. The van der Waals surface area contributed by atoms with Crippen molar-refractivity contribution >= 4 is 17.3 Å². The quantitative estimate of drug-likeness (QED) is 0.818. The Bertz CT molecular complexity index is 600. The third-order valence-corrected chi connectivity index (χ3v) is 3.49. The van der Waals surface area contributed by atoms with E-state index in [1.165, 1.54) is 13.2 Å². The van der Waals surface area contributed by atoms with Gasteiger partial charge in [-0.05, 0) is 30.5 Å². The minimum absolute atomic E-state index is 0.0710. The molecule has 0 amide bonds. The van der Waals surface area contributed by atoms with Crippen molar-refractivity contribution in [2.45, 2.75) is 13.3 Å². The van der Waals surface area contributed by atoms with Crippen LogP contribution in [0.3, 0.4) is 0 Å². The van der Waals surface area contributed by atoms with Crippen LogP contribution in [0.4, 0.5) is 0 Å². The average Bonchev–Trinajstić information content (AvgIpc) is 2.44. The van der Waals surface area contributed by atoms with Crippen LogP contribution in [0.1, 0.15) is 29.3 Å². The summed E-state index contributed by atoms with van der Waals surface area (Å²) in [6.45, 7) is 1.58. The topological polar surface area (TPSA) is 83.8 Å². The van der Waals surface area contributed by atoms with Gasteiger partial charge in [0.15, 0.2) is 0 Å². The van der Waals surface area contributed by atoms with Crippen molar-refractivity contribution in [3.63, 3.8) is 0 Å². The normalized spacial score (nSPS) is 16.1. The van der Waals surface area contributed by atoms with Gasteiger partial charge in [0.25, 0.3) is 0 Å². The molecule has 0 saturated carbocycles. The van der Waals surface area contributed by atoms with E-state index in [1.807, 2.05) is 0 Å². The van der Waals surface area contributed by atoms with Crippen molar-refractivity contribution in [1.82, 2.24) is 0 Å². The first-order chi connectivity index (χ1) is 9.51. The summed E-state index contributed by atoms with van der Waals surface area (Å²) in [6.07, 6.45) is 0.309. The zero-order chi connectivity index (χ0) is 14.9. The molecule has 0 heterocycles. The van der Waals surface area contributed by atoms with E-state index in [2.05, 4.69) is 0 Å². The summed E-state index contributed by atoms with van der Waals surface area (Å²) in [6, 6.07) is 4.62. The number of allylic oxidation sites excluding steroid dienone is 1. The van der Waals surface area contributed by atoms with E-state index in [4.69, 9.17) is 9.84 Å². The smallest absolute Gasteiger partial charge is 0.234 e. The first-order valence-corrected chi connectivity index (χ1v) is 6.32. The molecule has 1 atom stereocenters. The van der Waals surface area contributed by atoms with Crippen molar-refractivity contribution in [3.05, 3.63) is 34.9 Å². The van der Waals surface area contributed by atoms with E-state index in [0.29, 0.717) is 17.7 Å². The van der Waals surface area contributed by atoms with Gasteiger partial charge >= 0.3 is 0 Å². The Hall–Kier alpha value is -2.14. The molecule has 106 valence electrons. The Morgan fingerprint density at radius 3 is 2.50 bits per heavy atom.